The Morgan fingerprint density at radius 2 is 1.80 bits per heavy atom. The summed E-state index contributed by atoms with van der Waals surface area (Å²) in [4.78, 5) is 57.2. The number of rotatable bonds is 2. The van der Waals surface area contributed by atoms with Gasteiger partial charge >= 0.3 is 6.09 Å². The van der Waals surface area contributed by atoms with Gasteiger partial charge in [-0.15, -0.1) is 6.58 Å². The average Bonchev–Trinajstić information content (AvgIpc) is 3.39. The third-order valence-electron chi connectivity index (χ3n) is 10.1. The Kier molecular flexibility index (Phi) is 10.2. The smallest absolute Gasteiger partial charge is 0.410 e. The van der Waals surface area contributed by atoms with Crippen LogP contribution in [0.3, 0.4) is 0 Å². The number of halogens is 1. The van der Waals surface area contributed by atoms with Crippen LogP contribution in [0.25, 0.3) is 0 Å². The summed E-state index contributed by atoms with van der Waals surface area (Å²) in [5.74, 6) is -3.14. The number of fused-ring (bicyclic) bond motifs is 3. The van der Waals surface area contributed by atoms with Crippen LogP contribution in [0.5, 0.6) is 0 Å². The normalized spacial score (nSPS) is 28.7. The van der Waals surface area contributed by atoms with Gasteiger partial charge in [0.05, 0.1) is 24.8 Å². The lowest BCUT2D eigenvalue weighted by molar-refractivity contribution is -0.140. The van der Waals surface area contributed by atoms with E-state index in [2.05, 4.69) is 21.9 Å². The second-order valence-corrected chi connectivity index (χ2v) is 15.2. The van der Waals surface area contributed by atoms with Crippen LogP contribution in [0, 0.1) is 11.7 Å². The largest absolute Gasteiger partial charge is 0.444 e. The highest BCUT2D eigenvalue weighted by Crippen LogP contribution is 2.45. The second-order valence-electron chi connectivity index (χ2n) is 13.5. The summed E-state index contributed by atoms with van der Waals surface area (Å²) >= 11 is 0. The predicted octanol–water partition coefficient (Wildman–Crippen LogP) is 2.91. The number of hydrogen-bond donors (Lipinski definition) is 4. The molecule has 0 radical (unpaired) electrons. The van der Waals surface area contributed by atoms with Crippen molar-refractivity contribution in [3.8, 4) is 0 Å². The number of nitrogens with zero attached hydrogens (tertiary/aromatic N) is 2. The molecule has 2 aromatic carbocycles. The fraction of sp³-hybridized carbons (Fsp3) is 0.486. The minimum atomic E-state index is -4.36. The molecule has 2 aromatic rings. The first-order chi connectivity index (χ1) is 23.9. The summed E-state index contributed by atoms with van der Waals surface area (Å²) in [5.41, 5.74) is 6.15. The quantitative estimate of drug-likeness (QED) is 0.341. The summed E-state index contributed by atoms with van der Waals surface area (Å²) in [7, 11) is -4.36. The number of nitrogens with one attached hydrogen (secondary N) is 3. The maximum absolute atomic E-state index is 14.3. The molecule has 0 unspecified atom stereocenters. The molecule has 1 aliphatic carbocycles. The summed E-state index contributed by atoms with van der Waals surface area (Å²) in [5, 5.41) is 5.88. The molecule has 50 heavy (non-hydrogen) atoms. The highest BCUT2D eigenvalue weighted by Gasteiger charge is 2.61. The van der Waals surface area contributed by atoms with E-state index in [1.807, 2.05) is 0 Å². The Balaban J connectivity index is 1.23. The van der Waals surface area contributed by atoms with E-state index in [1.165, 1.54) is 28.0 Å². The lowest BCUT2D eigenvalue weighted by atomic mass is 10.0. The van der Waals surface area contributed by atoms with Crippen LogP contribution in [-0.2, 0) is 42.2 Å². The monoisotopic (exact) mass is 710 g/mol. The van der Waals surface area contributed by atoms with Crippen molar-refractivity contribution >= 4 is 39.5 Å². The van der Waals surface area contributed by atoms with Crippen molar-refractivity contribution in [3.05, 3.63) is 72.1 Å². The number of amides is 4. The van der Waals surface area contributed by atoms with Crippen molar-refractivity contribution in [3.63, 3.8) is 0 Å². The van der Waals surface area contributed by atoms with Gasteiger partial charge in [-0.3, -0.25) is 19.3 Å². The van der Waals surface area contributed by atoms with Gasteiger partial charge in [0, 0.05) is 31.0 Å². The van der Waals surface area contributed by atoms with Crippen molar-refractivity contribution in [2.45, 2.75) is 93.1 Å². The standard InChI is InChI=1S/C35H43FN6O7S/c1-2-23-18-35(23)33(45)40-50(47,48)30-15-8-7-14-28(30)38-16-9-5-3-4-6-13-27(37)32(44)42-20-24(17-29(42)31(43)39-35)49-34(46)41-19-22-11-10-12-26(36)25(22)21-41/h2,7-8,10-12,14-15,23-24,27,29,38H,1,3-6,9,13,16-21,37H2,(H,39,43)(H,40,45)/t23-,24-,27+,29+,35-/m1/s1. The number of ether oxygens (including phenoxy) is 1. The molecule has 268 valence electrons. The van der Waals surface area contributed by atoms with E-state index in [4.69, 9.17) is 10.5 Å². The van der Waals surface area contributed by atoms with Crippen LogP contribution in [0.2, 0.25) is 0 Å². The number of carbonyl (C=O) groups is 4. The van der Waals surface area contributed by atoms with Crippen molar-refractivity contribution in [2.24, 2.45) is 11.7 Å². The molecule has 1 saturated carbocycles. The minimum absolute atomic E-state index is 0.0228. The molecule has 0 bridgehead atoms. The van der Waals surface area contributed by atoms with Gasteiger partial charge in [0.1, 0.15) is 28.4 Å². The molecule has 1 saturated heterocycles. The van der Waals surface area contributed by atoms with Crippen LogP contribution >= 0.6 is 0 Å². The average molecular weight is 711 g/mol. The number of para-hydroxylation sites is 1. The van der Waals surface area contributed by atoms with Crippen molar-refractivity contribution < 1.29 is 36.7 Å². The Bertz CT molecular complexity index is 1790. The Morgan fingerprint density at radius 1 is 1.04 bits per heavy atom. The van der Waals surface area contributed by atoms with Gasteiger partial charge in [0.15, 0.2) is 0 Å². The Morgan fingerprint density at radius 3 is 2.56 bits per heavy atom. The molecule has 2 fully saturated rings. The van der Waals surface area contributed by atoms with Crippen LogP contribution in [-0.4, -0.2) is 78.8 Å². The number of sulfonamides is 1. The number of benzene rings is 2. The fourth-order valence-electron chi connectivity index (χ4n) is 7.13. The topological polar surface area (TPSA) is 180 Å². The van der Waals surface area contributed by atoms with Crippen LogP contribution in [0.4, 0.5) is 14.9 Å². The van der Waals surface area contributed by atoms with E-state index in [1.54, 1.807) is 30.3 Å². The molecule has 3 aliphatic heterocycles. The van der Waals surface area contributed by atoms with Crippen LogP contribution < -0.4 is 21.1 Å². The third-order valence-corrected chi connectivity index (χ3v) is 11.5. The SMILES string of the molecule is C=C[C@@H]1C[C@@]12NC(=O)[C@@H]1C[C@@H](OC(=O)N3Cc4cccc(F)c4C3)CN1C(=O)[C@@H](N)CCCCCCCNc1ccccc1S(=O)(=O)NC2=O. The maximum Gasteiger partial charge on any atom is 0.410 e. The van der Waals surface area contributed by atoms with Crippen molar-refractivity contribution in [1.29, 1.82) is 0 Å². The van der Waals surface area contributed by atoms with Gasteiger partial charge in [-0.2, -0.15) is 0 Å². The summed E-state index contributed by atoms with van der Waals surface area (Å²) in [6.07, 6.45) is 4.27. The van der Waals surface area contributed by atoms with E-state index in [0.717, 1.165) is 25.7 Å². The molecule has 3 heterocycles. The van der Waals surface area contributed by atoms with E-state index in [0.29, 0.717) is 36.2 Å². The molecular weight excluding hydrogens is 667 g/mol. The molecule has 4 amide bonds. The lowest BCUT2D eigenvalue weighted by Gasteiger charge is -2.28. The zero-order chi connectivity index (χ0) is 35.6. The summed E-state index contributed by atoms with van der Waals surface area (Å²) in [6, 6.07) is 8.84. The minimum Gasteiger partial charge on any atom is -0.444 e. The van der Waals surface area contributed by atoms with Gasteiger partial charge < -0.3 is 26.0 Å². The summed E-state index contributed by atoms with van der Waals surface area (Å²) in [6.45, 7) is 4.33. The molecule has 6 rings (SSSR count). The fourth-order valence-corrected chi connectivity index (χ4v) is 8.36. The Hall–Kier alpha value is -4.50. The predicted molar refractivity (Wildman–Crippen MR) is 181 cm³/mol. The van der Waals surface area contributed by atoms with Crippen molar-refractivity contribution in [2.75, 3.05) is 18.4 Å². The first kappa shape index (κ1) is 35.3. The highest BCUT2D eigenvalue weighted by atomic mass is 32.2. The molecule has 13 nitrogen and oxygen atoms in total. The van der Waals surface area contributed by atoms with E-state index in [-0.39, 0.29) is 37.4 Å². The first-order valence-corrected chi connectivity index (χ1v) is 18.5. The van der Waals surface area contributed by atoms with Gasteiger partial charge in [-0.25, -0.2) is 22.3 Å². The third kappa shape index (κ3) is 7.20. The van der Waals surface area contributed by atoms with E-state index in [9.17, 15) is 32.0 Å². The number of hydrogen-bond acceptors (Lipinski definition) is 9. The molecule has 5 atom stereocenters. The molecule has 5 N–H and O–H groups in total. The molecule has 15 heteroatoms. The van der Waals surface area contributed by atoms with Gasteiger partial charge in [-0.1, -0.05) is 56.0 Å². The first-order valence-electron chi connectivity index (χ1n) is 17.1. The van der Waals surface area contributed by atoms with Crippen molar-refractivity contribution in [1.82, 2.24) is 19.8 Å². The second kappa shape index (κ2) is 14.4. The summed E-state index contributed by atoms with van der Waals surface area (Å²) < 4.78 is 49.3. The molecule has 1 spiro atoms. The number of carbonyl (C=O) groups excluding carboxylic acids is 4. The van der Waals surface area contributed by atoms with Gasteiger partial charge in [-0.05, 0) is 43.0 Å². The number of nitrogens with two attached hydrogens (primary N) is 1. The van der Waals surface area contributed by atoms with E-state index < -0.39 is 69.3 Å². The van der Waals surface area contributed by atoms with Crippen LogP contribution in [0.15, 0.2) is 60.0 Å². The molecule has 4 aliphatic rings. The zero-order valence-electron chi connectivity index (χ0n) is 27.7. The van der Waals surface area contributed by atoms with Gasteiger partial charge in [0.2, 0.25) is 11.8 Å². The molecule has 0 aromatic heterocycles. The zero-order valence-corrected chi connectivity index (χ0v) is 28.6. The molecular formula is C35H43FN6O7S. The number of anilines is 1. The van der Waals surface area contributed by atoms with Gasteiger partial charge in [0.25, 0.3) is 15.9 Å². The lowest BCUT2D eigenvalue weighted by Crippen LogP contribution is -2.57. The Labute approximate surface area is 290 Å². The maximum atomic E-state index is 14.3. The van der Waals surface area contributed by atoms with Crippen LogP contribution in [0.1, 0.15) is 62.5 Å². The van der Waals surface area contributed by atoms with E-state index >= 15 is 0 Å². The highest BCUT2D eigenvalue weighted by molar-refractivity contribution is 7.90.